The number of hydrogen-bond donors (Lipinski definition) is 1. The van der Waals surface area contributed by atoms with Crippen molar-refractivity contribution < 1.29 is 4.74 Å². The van der Waals surface area contributed by atoms with Crippen molar-refractivity contribution in [3.63, 3.8) is 0 Å². The summed E-state index contributed by atoms with van der Waals surface area (Å²) in [4.78, 5) is 24.8. The van der Waals surface area contributed by atoms with Gasteiger partial charge >= 0.3 is 0 Å². The summed E-state index contributed by atoms with van der Waals surface area (Å²) in [6, 6.07) is 0. The number of nitrogens with one attached hydrogen (secondary N) is 1. The van der Waals surface area contributed by atoms with Crippen molar-refractivity contribution in [2.75, 3.05) is 50.8 Å². The lowest BCUT2D eigenvalue weighted by molar-refractivity contribution is 0.164. The average Bonchev–Trinajstić information content (AvgIpc) is 3.24. The third-order valence-corrected chi connectivity index (χ3v) is 5.27. The lowest BCUT2D eigenvalue weighted by atomic mass is 10.1. The molecule has 2 aliphatic rings. The van der Waals surface area contributed by atoms with Crippen LogP contribution in [0.4, 0.5) is 5.95 Å². The van der Waals surface area contributed by atoms with E-state index in [1.807, 2.05) is 4.68 Å². The standard InChI is InChI=1S/C18H28N6O2/c1-18(2,3)24-15-14(10-19-24)16(25)21-17(20-15)23-7-5-22(6-8-23)11-13-4-9-26-12-13/h10,13H,4-9,11-12H2,1-3H3,(H,20,21,25). The van der Waals surface area contributed by atoms with Crippen LogP contribution in [0.3, 0.4) is 0 Å². The Balaban J connectivity index is 1.51. The maximum Gasteiger partial charge on any atom is 0.263 e. The minimum absolute atomic E-state index is 0.119. The van der Waals surface area contributed by atoms with Crippen LogP contribution in [0.2, 0.25) is 0 Å². The van der Waals surface area contributed by atoms with Crippen LogP contribution < -0.4 is 10.5 Å². The molecule has 4 rings (SSSR count). The van der Waals surface area contributed by atoms with Crippen molar-refractivity contribution >= 4 is 17.0 Å². The molecule has 8 nitrogen and oxygen atoms in total. The van der Waals surface area contributed by atoms with Crippen LogP contribution in [-0.4, -0.2) is 70.6 Å². The summed E-state index contributed by atoms with van der Waals surface area (Å²) in [5.74, 6) is 1.31. The van der Waals surface area contributed by atoms with Crippen LogP contribution in [0.25, 0.3) is 11.0 Å². The Labute approximate surface area is 153 Å². The van der Waals surface area contributed by atoms with Gasteiger partial charge in [0.05, 0.1) is 18.3 Å². The van der Waals surface area contributed by atoms with Crippen molar-refractivity contribution in [3.05, 3.63) is 16.6 Å². The molecule has 2 aromatic heterocycles. The predicted molar refractivity (Wildman–Crippen MR) is 101 cm³/mol. The van der Waals surface area contributed by atoms with E-state index in [1.165, 1.54) is 6.42 Å². The van der Waals surface area contributed by atoms with Crippen LogP contribution in [0.1, 0.15) is 27.2 Å². The number of rotatable bonds is 3. The third-order valence-electron chi connectivity index (χ3n) is 5.27. The highest BCUT2D eigenvalue weighted by Crippen LogP contribution is 2.21. The number of fused-ring (bicyclic) bond motifs is 1. The van der Waals surface area contributed by atoms with E-state index in [1.54, 1.807) is 6.20 Å². The Morgan fingerprint density at radius 2 is 2.04 bits per heavy atom. The van der Waals surface area contributed by atoms with Crippen LogP contribution in [-0.2, 0) is 10.3 Å². The van der Waals surface area contributed by atoms with E-state index in [9.17, 15) is 4.79 Å². The summed E-state index contributed by atoms with van der Waals surface area (Å²) in [7, 11) is 0. The highest BCUT2D eigenvalue weighted by Gasteiger charge is 2.25. The number of hydrogen-bond acceptors (Lipinski definition) is 6. The zero-order valence-electron chi connectivity index (χ0n) is 15.9. The highest BCUT2D eigenvalue weighted by molar-refractivity contribution is 5.74. The normalized spacial score (nSPS) is 22.4. The number of piperazine rings is 1. The molecule has 4 heterocycles. The smallest absolute Gasteiger partial charge is 0.263 e. The number of nitrogens with zero attached hydrogens (tertiary/aromatic N) is 5. The molecule has 2 aliphatic heterocycles. The first kappa shape index (κ1) is 17.5. The third kappa shape index (κ3) is 3.35. The molecule has 0 radical (unpaired) electrons. The molecule has 0 aliphatic carbocycles. The lowest BCUT2D eigenvalue weighted by Gasteiger charge is -2.36. The summed E-state index contributed by atoms with van der Waals surface area (Å²) in [6.07, 6.45) is 2.78. The topological polar surface area (TPSA) is 79.3 Å². The molecule has 2 saturated heterocycles. The Bertz CT molecular complexity index is 822. The minimum Gasteiger partial charge on any atom is -0.381 e. The van der Waals surface area contributed by atoms with Gasteiger partial charge in [-0.25, -0.2) is 4.68 Å². The lowest BCUT2D eigenvalue weighted by Crippen LogP contribution is -2.48. The van der Waals surface area contributed by atoms with Gasteiger partial charge in [-0.05, 0) is 33.1 Å². The summed E-state index contributed by atoms with van der Waals surface area (Å²) in [5.41, 5.74) is 0.315. The van der Waals surface area contributed by atoms with Crippen molar-refractivity contribution in [2.24, 2.45) is 5.92 Å². The molecule has 2 fully saturated rings. The molecule has 0 spiro atoms. The van der Waals surface area contributed by atoms with Gasteiger partial charge < -0.3 is 9.64 Å². The van der Waals surface area contributed by atoms with E-state index in [0.29, 0.717) is 22.9 Å². The van der Waals surface area contributed by atoms with E-state index in [4.69, 9.17) is 9.72 Å². The molecule has 1 atom stereocenters. The summed E-state index contributed by atoms with van der Waals surface area (Å²) in [6.45, 7) is 12.8. The Kier molecular flexibility index (Phi) is 4.48. The van der Waals surface area contributed by atoms with Gasteiger partial charge in [0, 0.05) is 39.3 Å². The molecular formula is C18H28N6O2. The summed E-state index contributed by atoms with van der Waals surface area (Å²) >= 11 is 0. The number of aromatic nitrogens is 4. The monoisotopic (exact) mass is 360 g/mol. The van der Waals surface area contributed by atoms with Gasteiger partial charge in [-0.1, -0.05) is 0 Å². The van der Waals surface area contributed by atoms with Gasteiger partial charge in [0.2, 0.25) is 5.95 Å². The first-order chi connectivity index (χ1) is 12.4. The molecule has 1 unspecified atom stereocenters. The Morgan fingerprint density at radius 3 is 2.69 bits per heavy atom. The van der Waals surface area contributed by atoms with Crippen LogP contribution >= 0.6 is 0 Å². The Hall–Kier alpha value is -1.93. The van der Waals surface area contributed by atoms with E-state index in [-0.39, 0.29) is 11.1 Å². The average molecular weight is 360 g/mol. The summed E-state index contributed by atoms with van der Waals surface area (Å²) < 4.78 is 7.31. The maximum atomic E-state index is 12.5. The quantitative estimate of drug-likeness (QED) is 0.881. The van der Waals surface area contributed by atoms with Crippen LogP contribution in [0, 0.1) is 5.92 Å². The number of ether oxygens (including phenoxy) is 1. The second-order valence-corrected chi connectivity index (χ2v) is 8.37. The fourth-order valence-corrected chi connectivity index (χ4v) is 3.78. The first-order valence-electron chi connectivity index (χ1n) is 9.45. The van der Waals surface area contributed by atoms with E-state index < -0.39 is 0 Å². The van der Waals surface area contributed by atoms with Gasteiger partial charge in [-0.2, -0.15) is 10.1 Å². The fraction of sp³-hybridized carbons (Fsp3) is 0.722. The largest absolute Gasteiger partial charge is 0.381 e. The zero-order valence-corrected chi connectivity index (χ0v) is 15.9. The van der Waals surface area contributed by atoms with Crippen LogP contribution in [0.15, 0.2) is 11.0 Å². The summed E-state index contributed by atoms with van der Waals surface area (Å²) in [5, 5.41) is 4.92. The fourth-order valence-electron chi connectivity index (χ4n) is 3.78. The van der Waals surface area contributed by atoms with E-state index >= 15 is 0 Å². The number of aromatic amines is 1. The molecule has 0 amide bonds. The van der Waals surface area contributed by atoms with Crippen molar-refractivity contribution in [3.8, 4) is 0 Å². The molecule has 1 N–H and O–H groups in total. The van der Waals surface area contributed by atoms with Gasteiger partial charge in [-0.15, -0.1) is 0 Å². The number of H-pyrrole nitrogens is 1. The van der Waals surface area contributed by atoms with Gasteiger partial charge in [-0.3, -0.25) is 14.7 Å². The van der Waals surface area contributed by atoms with Gasteiger partial charge in [0.15, 0.2) is 5.65 Å². The SMILES string of the molecule is CC(C)(C)n1ncc2c(=O)[nH]c(N3CCN(CC4CCOC4)CC3)nc21. The van der Waals surface area contributed by atoms with Gasteiger partial charge in [0.1, 0.15) is 5.39 Å². The van der Waals surface area contributed by atoms with Crippen molar-refractivity contribution in [1.29, 1.82) is 0 Å². The number of anilines is 1. The minimum atomic E-state index is -0.220. The highest BCUT2D eigenvalue weighted by atomic mass is 16.5. The van der Waals surface area contributed by atoms with Crippen molar-refractivity contribution in [2.45, 2.75) is 32.7 Å². The molecule has 26 heavy (non-hydrogen) atoms. The molecule has 0 saturated carbocycles. The van der Waals surface area contributed by atoms with Gasteiger partial charge in [0.25, 0.3) is 5.56 Å². The Morgan fingerprint density at radius 1 is 1.27 bits per heavy atom. The van der Waals surface area contributed by atoms with Crippen molar-refractivity contribution in [1.82, 2.24) is 24.6 Å². The predicted octanol–water partition coefficient (Wildman–Crippen LogP) is 1.03. The maximum absolute atomic E-state index is 12.5. The molecule has 142 valence electrons. The molecular weight excluding hydrogens is 332 g/mol. The van der Waals surface area contributed by atoms with E-state index in [0.717, 1.165) is 45.9 Å². The molecule has 0 aromatic carbocycles. The van der Waals surface area contributed by atoms with Crippen LogP contribution in [0.5, 0.6) is 0 Å². The second kappa shape index (κ2) is 6.66. The molecule has 2 aromatic rings. The molecule has 0 bridgehead atoms. The zero-order chi connectivity index (χ0) is 18.3. The second-order valence-electron chi connectivity index (χ2n) is 8.37. The molecule has 8 heteroatoms. The van der Waals surface area contributed by atoms with E-state index in [2.05, 4.69) is 40.7 Å². The first-order valence-corrected chi connectivity index (χ1v) is 9.45.